The van der Waals surface area contributed by atoms with E-state index in [0.29, 0.717) is 17.9 Å². The lowest BCUT2D eigenvalue weighted by molar-refractivity contribution is 0.554. The molecule has 0 aliphatic heterocycles. The highest BCUT2D eigenvalue weighted by Crippen LogP contribution is 2.23. The fourth-order valence-electron chi connectivity index (χ4n) is 2.34. The van der Waals surface area contributed by atoms with Crippen LogP contribution in [0.25, 0.3) is 0 Å². The van der Waals surface area contributed by atoms with Gasteiger partial charge < -0.3 is 5.32 Å². The maximum Gasteiger partial charge on any atom is 0.150 e. The van der Waals surface area contributed by atoms with E-state index in [1.54, 1.807) is 0 Å². The Morgan fingerprint density at radius 1 is 1.19 bits per heavy atom. The SMILES string of the molecule is CCCNCC(CCS(=O)(=O)CCC)c1cccc(Cl)c1. The van der Waals surface area contributed by atoms with Gasteiger partial charge in [-0.3, -0.25) is 0 Å². The summed E-state index contributed by atoms with van der Waals surface area (Å²) in [4.78, 5) is 0. The van der Waals surface area contributed by atoms with Crippen molar-refractivity contribution in [2.75, 3.05) is 24.6 Å². The van der Waals surface area contributed by atoms with Gasteiger partial charge in [0.2, 0.25) is 0 Å². The van der Waals surface area contributed by atoms with Gasteiger partial charge in [-0.15, -0.1) is 0 Å². The lowest BCUT2D eigenvalue weighted by Gasteiger charge is -2.18. The van der Waals surface area contributed by atoms with E-state index in [4.69, 9.17) is 11.6 Å². The van der Waals surface area contributed by atoms with Crippen LogP contribution in [0.1, 0.15) is 44.6 Å². The van der Waals surface area contributed by atoms with Crippen LogP contribution in [0.4, 0.5) is 0 Å². The van der Waals surface area contributed by atoms with Crippen LogP contribution in [-0.2, 0) is 9.84 Å². The Hall–Kier alpha value is -0.580. The summed E-state index contributed by atoms with van der Waals surface area (Å²) in [7, 11) is -2.94. The first-order valence-electron chi connectivity index (χ1n) is 7.65. The lowest BCUT2D eigenvalue weighted by Crippen LogP contribution is -2.24. The third-order valence-corrected chi connectivity index (χ3v) is 5.55. The minimum Gasteiger partial charge on any atom is -0.316 e. The molecule has 120 valence electrons. The Morgan fingerprint density at radius 3 is 2.57 bits per heavy atom. The van der Waals surface area contributed by atoms with Crippen molar-refractivity contribution < 1.29 is 8.42 Å². The highest BCUT2D eigenvalue weighted by molar-refractivity contribution is 7.91. The first-order valence-corrected chi connectivity index (χ1v) is 9.85. The molecule has 21 heavy (non-hydrogen) atoms. The molecular formula is C16H26ClNO2S. The van der Waals surface area contributed by atoms with Gasteiger partial charge in [-0.05, 0) is 49.4 Å². The molecule has 0 aliphatic carbocycles. The minimum atomic E-state index is -2.94. The van der Waals surface area contributed by atoms with Crippen LogP contribution in [-0.4, -0.2) is 33.0 Å². The number of rotatable bonds is 10. The summed E-state index contributed by atoms with van der Waals surface area (Å²) >= 11 is 6.05. The van der Waals surface area contributed by atoms with Crippen LogP contribution in [0.15, 0.2) is 24.3 Å². The molecule has 0 heterocycles. The van der Waals surface area contributed by atoms with E-state index in [0.717, 1.165) is 25.1 Å². The Kier molecular flexibility index (Phi) is 8.30. The van der Waals surface area contributed by atoms with E-state index in [9.17, 15) is 8.42 Å². The summed E-state index contributed by atoms with van der Waals surface area (Å²) in [5.74, 6) is 0.700. The first kappa shape index (κ1) is 18.5. The summed E-state index contributed by atoms with van der Waals surface area (Å²) in [6, 6.07) is 7.73. The van der Waals surface area contributed by atoms with Crippen molar-refractivity contribution in [3.05, 3.63) is 34.9 Å². The number of hydrogen-bond acceptors (Lipinski definition) is 3. The molecule has 0 spiro atoms. The zero-order chi connectivity index (χ0) is 15.7. The van der Waals surface area contributed by atoms with Gasteiger partial charge in [0.25, 0.3) is 0 Å². The van der Waals surface area contributed by atoms with Crippen LogP contribution in [0.5, 0.6) is 0 Å². The highest BCUT2D eigenvalue weighted by Gasteiger charge is 2.17. The predicted octanol–water partition coefficient (Wildman–Crippen LogP) is 3.64. The molecule has 0 amide bonds. The van der Waals surface area contributed by atoms with Crippen molar-refractivity contribution in [2.24, 2.45) is 0 Å². The molecule has 3 nitrogen and oxygen atoms in total. The van der Waals surface area contributed by atoms with Crippen molar-refractivity contribution >= 4 is 21.4 Å². The fourth-order valence-corrected chi connectivity index (χ4v) is 4.00. The third kappa shape index (κ3) is 7.30. The van der Waals surface area contributed by atoms with E-state index in [2.05, 4.69) is 12.2 Å². The Bertz CT molecular complexity index is 517. The second-order valence-electron chi connectivity index (χ2n) is 5.40. The van der Waals surface area contributed by atoms with Crippen molar-refractivity contribution in [1.29, 1.82) is 0 Å². The van der Waals surface area contributed by atoms with Gasteiger partial charge in [0, 0.05) is 17.3 Å². The summed E-state index contributed by atoms with van der Waals surface area (Å²) in [6.45, 7) is 5.75. The van der Waals surface area contributed by atoms with Gasteiger partial charge in [0.05, 0.1) is 5.75 Å². The minimum absolute atomic E-state index is 0.182. The molecule has 0 radical (unpaired) electrons. The molecule has 0 fully saturated rings. The molecule has 1 unspecified atom stereocenters. The second kappa shape index (κ2) is 9.44. The Balaban J connectivity index is 2.73. The normalized spacial score (nSPS) is 13.3. The monoisotopic (exact) mass is 331 g/mol. The molecule has 1 N–H and O–H groups in total. The molecule has 5 heteroatoms. The Morgan fingerprint density at radius 2 is 1.95 bits per heavy atom. The average molecular weight is 332 g/mol. The van der Waals surface area contributed by atoms with Gasteiger partial charge in [0.15, 0.2) is 0 Å². The van der Waals surface area contributed by atoms with Crippen molar-refractivity contribution in [1.82, 2.24) is 5.32 Å². The summed E-state index contributed by atoms with van der Waals surface area (Å²) < 4.78 is 23.8. The van der Waals surface area contributed by atoms with Crippen molar-refractivity contribution in [3.8, 4) is 0 Å². The second-order valence-corrected chi connectivity index (χ2v) is 8.14. The van der Waals surface area contributed by atoms with Gasteiger partial charge in [-0.25, -0.2) is 8.42 Å². The molecular weight excluding hydrogens is 306 g/mol. The molecule has 0 saturated heterocycles. The van der Waals surface area contributed by atoms with Crippen LogP contribution in [0, 0.1) is 0 Å². The number of halogens is 1. The molecule has 0 saturated carbocycles. The number of nitrogens with one attached hydrogen (secondary N) is 1. The van der Waals surface area contributed by atoms with Gasteiger partial charge in [0.1, 0.15) is 9.84 Å². The maximum absolute atomic E-state index is 11.9. The van der Waals surface area contributed by atoms with E-state index in [1.165, 1.54) is 0 Å². The van der Waals surface area contributed by atoms with E-state index >= 15 is 0 Å². The number of sulfone groups is 1. The van der Waals surface area contributed by atoms with Crippen LogP contribution in [0.3, 0.4) is 0 Å². The molecule has 0 bridgehead atoms. The molecule has 0 aromatic heterocycles. The largest absolute Gasteiger partial charge is 0.316 e. The Labute approximate surface area is 134 Å². The zero-order valence-corrected chi connectivity index (χ0v) is 14.5. The molecule has 1 aromatic carbocycles. The van der Waals surface area contributed by atoms with E-state index in [1.807, 2.05) is 31.2 Å². The lowest BCUT2D eigenvalue weighted by atomic mass is 9.96. The van der Waals surface area contributed by atoms with Gasteiger partial charge >= 0.3 is 0 Å². The zero-order valence-electron chi connectivity index (χ0n) is 12.9. The summed E-state index contributed by atoms with van der Waals surface area (Å²) in [5.41, 5.74) is 1.11. The van der Waals surface area contributed by atoms with Crippen molar-refractivity contribution in [2.45, 2.75) is 39.0 Å². The number of hydrogen-bond donors (Lipinski definition) is 1. The summed E-state index contributed by atoms with van der Waals surface area (Å²) in [6.07, 6.45) is 2.38. The van der Waals surface area contributed by atoms with E-state index in [-0.39, 0.29) is 17.4 Å². The molecule has 1 aromatic rings. The third-order valence-electron chi connectivity index (χ3n) is 3.43. The first-order chi connectivity index (χ1) is 9.98. The summed E-state index contributed by atoms with van der Waals surface area (Å²) in [5, 5.41) is 4.08. The predicted molar refractivity (Wildman–Crippen MR) is 90.9 cm³/mol. The maximum atomic E-state index is 11.9. The van der Waals surface area contributed by atoms with Crippen LogP contribution >= 0.6 is 11.6 Å². The molecule has 1 rings (SSSR count). The standard InChI is InChI=1S/C16H26ClNO2S/c1-3-9-18-13-15(8-11-21(19,20)10-4-2)14-6-5-7-16(17)12-14/h5-7,12,15,18H,3-4,8-11,13H2,1-2H3. The van der Waals surface area contributed by atoms with Gasteiger partial charge in [-0.2, -0.15) is 0 Å². The van der Waals surface area contributed by atoms with Crippen molar-refractivity contribution in [3.63, 3.8) is 0 Å². The fraction of sp³-hybridized carbons (Fsp3) is 0.625. The topological polar surface area (TPSA) is 46.2 Å². The molecule has 0 aliphatic rings. The highest BCUT2D eigenvalue weighted by atomic mass is 35.5. The van der Waals surface area contributed by atoms with Gasteiger partial charge in [-0.1, -0.05) is 37.6 Å². The molecule has 1 atom stereocenters. The number of benzene rings is 1. The smallest absolute Gasteiger partial charge is 0.150 e. The average Bonchev–Trinajstić information content (AvgIpc) is 2.42. The quantitative estimate of drug-likeness (QED) is 0.666. The van der Waals surface area contributed by atoms with E-state index < -0.39 is 9.84 Å². The van der Waals surface area contributed by atoms with Crippen LogP contribution in [0.2, 0.25) is 5.02 Å². The van der Waals surface area contributed by atoms with Crippen LogP contribution < -0.4 is 5.32 Å².